The summed E-state index contributed by atoms with van der Waals surface area (Å²) < 4.78 is 6.48. The van der Waals surface area contributed by atoms with E-state index in [-0.39, 0.29) is 16.9 Å². The highest BCUT2D eigenvalue weighted by molar-refractivity contribution is 5.88. The van der Waals surface area contributed by atoms with Crippen LogP contribution in [0.25, 0.3) is 28.7 Å². The van der Waals surface area contributed by atoms with Gasteiger partial charge in [-0.2, -0.15) is 0 Å². The van der Waals surface area contributed by atoms with Crippen molar-refractivity contribution < 1.29 is 19.7 Å². The van der Waals surface area contributed by atoms with E-state index in [0.29, 0.717) is 33.7 Å². The van der Waals surface area contributed by atoms with Gasteiger partial charge in [0.25, 0.3) is 5.56 Å². The number of methoxy groups -OCH3 is 1. The molecule has 1 heterocycles. The van der Waals surface area contributed by atoms with Crippen LogP contribution in [0.2, 0.25) is 0 Å². The molecule has 31 heavy (non-hydrogen) atoms. The van der Waals surface area contributed by atoms with Crippen molar-refractivity contribution in [2.75, 3.05) is 7.11 Å². The summed E-state index contributed by atoms with van der Waals surface area (Å²) in [7, 11) is 1.47. The van der Waals surface area contributed by atoms with Gasteiger partial charge in [-0.3, -0.25) is 9.36 Å². The number of rotatable bonds is 5. The molecule has 3 aromatic carbocycles. The number of carboxylic acid groups (broad SMARTS) is 1. The second-order valence-electron chi connectivity index (χ2n) is 6.74. The van der Waals surface area contributed by atoms with Gasteiger partial charge in [0.05, 0.1) is 29.3 Å². The van der Waals surface area contributed by atoms with Crippen LogP contribution in [0.15, 0.2) is 71.5 Å². The SMILES string of the molecule is COc1ccc(/C=C/c2nc3ccccc3c(=O)n2-c2ccc(C(=O)O)cc2)cc1O. The quantitative estimate of drug-likeness (QED) is 0.512. The number of carboxylic acids is 1. The number of aromatic hydroxyl groups is 1. The van der Waals surface area contributed by atoms with E-state index in [1.165, 1.54) is 23.8 Å². The third kappa shape index (κ3) is 3.89. The molecule has 4 rings (SSSR count). The lowest BCUT2D eigenvalue weighted by atomic mass is 10.1. The fraction of sp³-hybridized carbons (Fsp3) is 0.0417. The van der Waals surface area contributed by atoms with Crippen molar-refractivity contribution in [1.82, 2.24) is 9.55 Å². The number of carbonyl (C=O) groups is 1. The second-order valence-corrected chi connectivity index (χ2v) is 6.74. The lowest BCUT2D eigenvalue weighted by Gasteiger charge is -2.12. The Hall–Kier alpha value is -4.39. The minimum atomic E-state index is -1.05. The topological polar surface area (TPSA) is 102 Å². The Morgan fingerprint density at radius 2 is 1.77 bits per heavy atom. The summed E-state index contributed by atoms with van der Waals surface area (Å²) in [6.07, 6.45) is 3.39. The van der Waals surface area contributed by atoms with Crippen molar-refractivity contribution in [3.63, 3.8) is 0 Å². The van der Waals surface area contributed by atoms with E-state index in [1.807, 2.05) is 0 Å². The molecule has 1 aromatic heterocycles. The lowest BCUT2D eigenvalue weighted by Crippen LogP contribution is -2.22. The Bertz CT molecular complexity index is 1370. The number of nitrogens with zero attached hydrogens (tertiary/aromatic N) is 2. The lowest BCUT2D eigenvalue weighted by molar-refractivity contribution is 0.0697. The number of fused-ring (bicyclic) bond motifs is 1. The van der Waals surface area contributed by atoms with E-state index >= 15 is 0 Å². The van der Waals surface area contributed by atoms with Gasteiger partial charge in [-0.15, -0.1) is 0 Å². The molecule has 0 unspecified atom stereocenters. The number of ether oxygens (including phenoxy) is 1. The average Bonchev–Trinajstić information content (AvgIpc) is 2.78. The summed E-state index contributed by atoms with van der Waals surface area (Å²) in [5, 5.41) is 19.6. The third-order valence-corrected chi connectivity index (χ3v) is 4.80. The zero-order valence-electron chi connectivity index (χ0n) is 16.5. The molecule has 7 nitrogen and oxygen atoms in total. The largest absolute Gasteiger partial charge is 0.504 e. The van der Waals surface area contributed by atoms with Crippen LogP contribution in [0.4, 0.5) is 0 Å². The Balaban J connectivity index is 1.87. The summed E-state index contributed by atoms with van der Waals surface area (Å²) in [6.45, 7) is 0. The summed E-state index contributed by atoms with van der Waals surface area (Å²) in [4.78, 5) is 29.0. The molecule has 0 fully saturated rings. The predicted molar refractivity (Wildman–Crippen MR) is 118 cm³/mol. The molecule has 7 heteroatoms. The maximum Gasteiger partial charge on any atom is 0.335 e. The van der Waals surface area contributed by atoms with E-state index < -0.39 is 5.97 Å². The van der Waals surface area contributed by atoms with Crippen molar-refractivity contribution in [2.45, 2.75) is 0 Å². The van der Waals surface area contributed by atoms with Gasteiger partial charge in [0.2, 0.25) is 0 Å². The first-order chi connectivity index (χ1) is 15.0. The van der Waals surface area contributed by atoms with Gasteiger partial charge in [-0.25, -0.2) is 9.78 Å². The highest BCUT2D eigenvalue weighted by atomic mass is 16.5. The fourth-order valence-electron chi connectivity index (χ4n) is 3.25. The first kappa shape index (κ1) is 19.9. The minimum Gasteiger partial charge on any atom is -0.504 e. The highest BCUT2D eigenvalue weighted by Gasteiger charge is 2.12. The number of hydrogen-bond acceptors (Lipinski definition) is 5. The standard InChI is InChI=1S/C24H18N2O5/c1-31-21-12-6-15(14-20(21)27)7-13-22-25-19-5-3-2-4-18(19)23(28)26(22)17-10-8-16(9-11-17)24(29)30/h2-14,27H,1H3,(H,29,30)/b13-7+. The monoisotopic (exact) mass is 414 g/mol. The highest BCUT2D eigenvalue weighted by Crippen LogP contribution is 2.27. The van der Waals surface area contributed by atoms with Crippen LogP contribution >= 0.6 is 0 Å². The van der Waals surface area contributed by atoms with Crippen LogP contribution in [-0.2, 0) is 0 Å². The molecule has 0 spiro atoms. The van der Waals surface area contributed by atoms with Crippen molar-refractivity contribution in [1.29, 1.82) is 0 Å². The van der Waals surface area contributed by atoms with Gasteiger partial charge in [-0.05, 0) is 60.2 Å². The normalized spacial score (nSPS) is 11.1. The van der Waals surface area contributed by atoms with Crippen LogP contribution in [0.3, 0.4) is 0 Å². The molecular weight excluding hydrogens is 396 g/mol. The molecule has 0 aliphatic carbocycles. The number of phenolic OH excluding ortho intramolecular Hbond substituents is 1. The number of phenols is 1. The van der Waals surface area contributed by atoms with Gasteiger partial charge in [0.1, 0.15) is 5.82 Å². The first-order valence-corrected chi connectivity index (χ1v) is 9.38. The van der Waals surface area contributed by atoms with Crippen LogP contribution in [0.5, 0.6) is 11.5 Å². The molecule has 0 atom stereocenters. The Morgan fingerprint density at radius 3 is 2.45 bits per heavy atom. The van der Waals surface area contributed by atoms with Gasteiger partial charge in [0.15, 0.2) is 11.5 Å². The van der Waals surface area contributed by atoms with E-state index in [4.69, 9.17) is 9.84 Å². The third-order valence-electron chi connectivity index (χ3n) is 4.80. The molecule has 0 aliphatic rings. The van der Waals surface area contributed by atoms with E-state index in [2.05, 4.69) is 4.98 Å². The molecule has 0 saturated heterocycles. The van der Waals surface area contributed by atoms with E-state index in [9.17, 15) is 14.7 Å². The fourth-order valence-corrected chi connectivity index (χ4v) is 3.25. The molecule has 0 saturated carbocycles. The average molecular weight is 414 g/mol. The maximum absolute atomic E-state index is 13.2. The van der Waals surface area contributed by atoms with Gasteiger partial charge < -0.3 is 14.9 Å². The zero-order chi connectivity index (χ0) is 22.0. The van der Waals surface area contributed by atoms with E-state index in [0.717, 1.165) is 0 Å². The van der Waals surface area contributed by atoms with Crippen LogP contribution in [0, 0.1) is 0 Å². The smallest absolute Gasteiger partial charge is 0.335 e. The van der Waals surface area contributed by atoms with Crippen molar-refractivity contribution in [2.24, 2.45) is 0 Å². The predicted octanol–water partition coefficient (Wildman–Crippen LogP) is 3.97. The van der Waals surface area contributed by atoms with Crippen molar-refractivity contribution in [3.8, 4) is 17.2 Å². The molecule has 2 N–H and O–H groups in total. The van der Waals surface area contributed by atoms with Gasteiger partial charge in [0, 0.05) is 0 Å². The Labute approximate surface area is 177 Å². The van der Waals surface area contributed by atoms with Crippen molar-refractivity contribution >= 4 is 29.0 Å². The second kappa shape index (κ2) is 8.16. The molecule has 154 valence electrons. The number of aromatic nitrogens is 2. The van der Waals surface area contributed by atoms with Crippen molar-refractivity contribution in [3.05, 3.63) is 94.0 Å². The number of para-hydroxylation sites is 1. The molecular formula is C24H18N2O5. The Kier molecular flexibility index (Phi) is 5.24. The van der Waals surface area contributed by atoms with Crippen LogP contribution in [0.1, 0.15) is 21.7 Å². The maximum atomic E-state index is 13.2. The summed E-state index contributed by atoms with van der Waals surface area (Å²) in [5.41, 5.74) is 1.57. The van der Waals surface area contributed by atoms with Gasteiger partial charge in [-0.1, -0.05) is 24.3 Å². The zero-order valence-corrected chi connectivity index (χ0v) is 16.5. The van der Waals surface area contributed by atoms with Gasteiger partial charge >= 0.3 is 5.97 Å². The summed E-state index contributed by atoms with van der Waals surface area (Å²) in [6, 6.07) is 18.0. The Morgan fingerprint density at radius 1 is 1.03 bits per heavy atom. The molecule has 0 aliphatic heterocycles. The molecule has 4 aromatic rings. The molecule has 0 radical (unpaired) electrons. The summed E-state index contributed by atoms with van der Waals surface area (Å²) >= 11 is 0. The van der Waals surface area contributed by atoms with Crippen LogP contribution in [-0.4, -0.2) is 32.8 Å². The minimum absolute atomic E-state index is 0.00206. The first-order valence-electron chi connectivity index (χ1n) is 9.38. The van der Waals surface area contributed by atoms with E-state index in [1.54, 1.807) is 66.7 Å². The van der Waals surface area contributed by atoms with Crippen LogP contribution < -0.4 is 10.3 Å². The number of hydrogen-bond donors (Lipinski definition) is 2. The summed E-state index contributed by atoms with van der Waals surface area (Å²) in [5.74, 6) is -0.328. The molecule has 0 bridgehead atoms. The molecule has 0 amide bonds. The number of benzene rings is 3. The number of aromatic carboxylic acids is 1.